The normalized spacial score (nSPS) is 23.2. The number of allylic oxidation sites excluding steroid dienone is 2. The lowest BCUT2D eigenvalue weighted by Crippen LogP contribution is -1.97. The highest BCUT2D eigenvalue weighted by Crippen LogP contribution is 2.28. The van der Waals surface area contributed by atoms with E-state index in [0.29, 0.717) is 5.92 Å². The van der Waals surface area contributed by atoms with Gasteiger partial charge < -0.3 is 4.42 Å². The van der Waals surface area contributed by atoms with E-state index in [1.54, 1.807) is 0 Å². The van der Waals surface area contributed by atoms with Crippen molar-refractivity contribution in [1.29, 1.82) is 0 Å². The number of rotatable bonds is 1. The molecule has 2 aromatic rings. The molecule has 0 aliphatic heterocycles. The number of oxazole rings is 1. The van der Waals surface area contributed by atoms with Crippen molar-refractivity contribution in [2.75, 3.05) is 0 Å². The summed E-state index contributed by atoms with van der Waals surface area (Å²) in [4.78, 5) is 4.59. The predicted octanol–water partition coefficient (Wildman–Crippen LogP) is 4.43. The second-order valence-electron chi connectivity index (χ2n) is 4.69. The van der Waals surface area contributed by atoms with Gasteiger partial charge >= 0.3 is 0 Å². The molecule has 2 nitrogen and oxygen atoms in total. The van der Waals surface area contributed by atoms with E-state index >= 15 is 0 Å². The predicted molar refractivity (Wildman–Crippen MR) is 69.0 cm³/mol. The zero-order valence-corrected chi connectivity index (χ0v) is 9.93. The maximum absolute atomic E-state index is 5.84. The summed E-state index contributed by atoms with van der Waals surface area (Å²) in [5.74, 6) is 1.24. The second kappa shape index (κ2) is 4.74. The van der Waals surface area contributed by atoms with Crippen molar-refractivity contribution in [3.63, 3.8) is 0 Å². The average Bonchev–Trinajstić information content (AvgIpc) is 2.71. The van der Waals surface area contributed by atoms with Gasteiger partial charge in [-0.25, -0.2) is 4.98 Å². The van der Waals surface area contributed by atoms with Gasteiger partial charge in [0.2, 0.25) is 5.89 Å². The van der Waals surface area contributed by atoms with E-state index in [1.165, 1.54) is 25.7 Å². The average molecular weight is 227 g/mol. The minimum Gasteiger partial charge on any atom is -0.440 e. The van der Waals surface area contributed by atoms with Crippen molar-refractivity contribution in [3.8, 4) is 0 Å². The van der Waals surface area contributed by atoms with Gasteiger partial charge in [0.15, 0.2) is 5.58 Å². The molecule has 1 heterocycles. The van der Waals surface area contributed by atoms with Crippen molar-refractivity contribution in [2.45, 2.75) is 38.0 Å². The summed E-state index contributed by atoms with van der Waals surface area (Å²) in [7, 11) is 0. The molecule has 1 atom stereocenters. The molecule has 0 N–H and O–H groups in total. The number of nitrogens with zero attached hydrogens (tertiary/aromatic N) is 1. The highest BCUT2D eigenvalue weighted by molar-refractivity contribution is 5.72. The molecular weight excluding hydrogens is 210 g/mol. The molecule has 3 rings (SSSR count). The maximum Gasteiger partial charge on any atom is 0.202 e. The summed E-state index contributed by atoms with van der Waals surface area (Å²) in [6.07, 6.45) is 10.8. The standard InChI is InChI=1S/C15H17NO/c1-2-4-8-12(9-5-3-1)15-16-13-10-6-7-11-14(13)17-15/h4,6-8,10-12H,1-3,5,9H2/b8-4-. The van der Waals surface area contributed by atoms with Crippen molar-refractivity contribution in [1.82, 2.24) is 4.98 Å². The van der Waals surface area contributed by atoms with Crippen LogP contribution in [-0.4, -0.2) is 4.98 Å². The first kappa shape index (κ1) is 10.6. The van der Waals surface area contributed by atoms with Crippen LogP contribution in [0.15, 0.2) is 40.8 Å². The van der Waals surface area contributed by atoms with Crippen LogP contribution in [0, 0.1) is 0 Å². The monoisotopic (exact) mass is 227 g/mol. The van der Waals surface area contributed by atoms with Gasteiger partial charge in [0.05, 0.1) is 5.92 Å². The summed E-state index contributed by atoms with van der Waals surface area (Å²) in [5, 5.41) is 0. The molecule has 0 amide bonds. The first-order valence-corrected chi connectivity index (χ1v) is 6.45. The van der Waals surface area contributed by atoms with E-state index in [4.69, 9.17) is 4.42 Å². The third kappa shape index (κ3) is 2.26. The molecule has 0 radical (unpaired) electrons. The molecule has 1 unspecified atom stereocenters. The zero-order valence-electron chi connectivity index (χ0n) is 9.93. The van der Waals surface area contributed by atoms with Gasteiger partial charge in [0.1, 0.15) is 5.52 Å². The fraction of sp³-hybridized carbons (Fsp3) is 0.400. The molecule has 88 valence electrons. The fourth-order valence-corrected chi connectivity index (χ4v) is 2.41. The maximum atomic E-state index is 5.84. The minimum atomic E-state index is 0.364. The Balaban J connectivity index is 1.93. The summed E-state index contributed by atoms with van der Waals surface area (Å²) >= 11 is 0. The van der Waals surface area contributed by atoms with E-state index in [2.05, 4.69) is 17.1 Å². The number of para-hydroxylation sites is 2. The first-order chi connectivity index (χ1) is 8.43. The largest absolute Gasteiger partial charge is 0.440 e. The van der Waals surface area contributed by atoms with Gasteiger partial charge in [-0.1, -0.05) is 37.1 Å². The number of benzene rings is 1. The molecule has 2 heteroatoms. The van der Waals surface area contributed by atoms with Crippen molar-refractivity contribution in [3.05, 3.63) is 42.3 Å². The molecule has 1 aromatic heterocycles. The van der Waals surface area contributed by atoms with Gasteiger partial charge in [-0.2, -0.15) is 0 Å². The Hall–Kier alpha value is -1.57. The van der Waals surface area contributed by atoms with Crippen LogP contribution >= 0.6 is 0 Å². The summed E-state index contributed by atoms with van der Waals surface area (Å²) in [5.41, 5.74) is 1.87. The minimum absolute atomic E-state index is 0.364. The molecule has 0 spiro atoms. The van der Waals surface area contributed by atoms with E-state index in [-0.39, 0.29) is 0 Å². The Morgan fingerprint density at radius 3 is 3.00 bits per heavy atom. The van der Waals surface area contributed by atoms with Crippen LogP contribution in [0.25, 0.3) is 11.1 Å². The zero-order chi connectivity index (χ0) is 11.5. The summed E-state index contributed by atoms with van der Waals surface area (Å²) < 4.78 is 5.84. The number of aromatic nitrogens is 1. The molecule has 0 saturated heterocycles. The lowest BCUT2D eigenvalue weighted by atomic mass is 9.97. The lowest BCUT2D eigenvalue weighted by Gasteiger charge is -2.11. The van der Waals surface area contributed by atoms with Crippen LogP contribution < -0.4 is 0 Å². The molecule has 0 bridgehead atoms. The Morgan fingerprint density at radius 1 is 1.12 bits per heavy atom. The summed E-state index contributed by atoms with van der Waals surface area (Å²) in [6.45, 7) is 0. The van der Waals surface area contributed by atoms with Gasteiger partial charge in [-0.15, -0.1) is 0 Å². The Bertz CT molecular complexity index is 493. The molecule has 1 aliphatic carbocycles. The van der Waals surface area contributed by atoms with E-state index in [1.807, 2.05) is 24.3 Å². The van der Waals surface area contributed by atoms with E-state index in [9.17, 15) is 0 Å². The van der Waals surface area contributed by atoms with E-state index in [0.717, 1.165) is 23.4 Å². The number of hydrogen-bond acceptors (Lipinski definition) is 2. The highest BCUT2D eigenvalue weighted by atomic mass is 16.3. The molecule has 0 saturated carbocycles. The van der Waals surface area contributed by atoms with Crippen LogP contribution in [-0.2, 0) is 0 Å². The topological polar surface area (TPSA) is 26.0 Å². The number of fused-ring (bicyclic) bond motifs is 1. The quantitative estimate of drug-likeness (QED) is 0.673. The molecule has 1 aliphatic rings. The Kier molecular flexibility index (Phi) is 2.95. The van der Waals surface area contributed by atoms with E-state index < -0.39 is 0 Å². The fourth-order valence-electron chi connectivity index (χ4n) is 2.41. The van der Waals surface area contributed by atoms with Gasteiger partial charge in [-0.05, 0) is 31.4 Å². The first-order valence-electron chi connectivity index (χ1n) is 6.45. The number of hydrogen-bond donors (Lipinski definition) is 0. The third-order valence-corrected chi connectivity index (χ3v) is 3.38. The van der Waals surface area contributed by atoms with Gasteiger partial charge in [0.25, 0.3) is 0 Å². The van der Waals surface area contributed by atoms with Gasteiger partial charge in [0, 0.05) is 0 Å². The Labute approximate surface area is 101 Å². The highest BCUT2D eigenvalue weighted by Gasteiger charge is 2.15. The summed E-state index contributed by atoms with van der Waals surface area (Å²) in [6, 6.07) is 7.99. The van der Waals surface area contributed by atoms with Crippen LogP contribution in [0.3, 0.4) is 0 Å². The van der Waals surface area contributed by atoms with Crippen LogP contribution in [0.2, 0.25) is 0 Å². The smallest absolute Gasteiger partial charge is 0.202 e. The molecular formula is C15H17NO. The van der Waals surface area contributed by atoms with Crippen molar-refractivity contribution in [2.24, 2.45) is 0 Å². The SMILES string of the molecule is C1=C\C(c2nc3ccccc3o2)CCCCC/1. The van der Waals surface area contributed by atoms with Crippen molar-refractivity contribution < 1.29 is 4.42 Å². The van der Waals surface area contributed by atoms with Crippen LogP contribution in [0.4, 0.5) is 0 Å². The van der Waals surface area contributed by atoms with Crippen LogP contribution in [0.1, 0.15) is 43.9 Å². The molecule has 17 heavy (non-hydrogen) atoms. The third-order valence-electron chi connectivity index (χ3n) is 3.38. The molecule has 0 fully saturated rings. The molecule has 1 aromatic carbocycles. The lowest BCUT2D eigenvalue weighted by molar-refractivity contribution is 0.473. The van der Waals surface area contributed by atoms with Crippen LogP contribution in [0.5, 0.6) is 0 Å². The van der Waals surface area contributed by atoms with Crippen molar-refractivity contribution >= 4 is 11.1 Å². The Morgan fingerprint density at radius 2 is 2.06 bits per heavy atom. The second-order valence-corrected chi connectivity index (χ2v) is 4.69. The van der Waals surface area contributed by atoms with Gasteiger partial charge in [-0.3, -0.25) is 0 Å².